The molecule has 1 fully saturated rings. The van der Waals surface area contributed by atoms with Gasteiger partial charge in [0.1, 0.15) is 0 Å². The number of benzene rings is 1. The van der Waals surface area contributed by atoms with Crippen molar-refractivity contribution in [1.82, 2.24) is 9.55 Å². The van der Waals surface area contributed by atoms with E-state index in [0.29, 0.717) is 5.92 Å². The molecule has 0 amide bonds. The lowest BCUT2D eigenvalue weighted by Gasteiger charge is -2.19. The molecule has 1 saturated heterocycles. The van der Waals surface area contributed by atoms with Crippen LogP contribution in [0.1, 0.15) is 23.7 Å². The smallest absolute Gasteiger partial charge is 0.0951 e. The van der Waals surface area contributed by atoms with Crippen LogP contribution in [0.5, 0.6) is 0 Å². The van der Waals surface area contributed by atoms with E-state index in [4.69, 9.17) is 10.5 Å². The molecule has 5 heteroatoms. The third-order valence-corrected chi connectivity index (χ3v) is 4.35. The molecule has 106 valence electrons. The van der Waals surface area contributed by atoms with E-state index >= 15 is 0 Å². The van der Waals surface area contributed by atoms with Crippen molar-refractivity contribution >= 4 is 15.9 Å². The Labute approximate surface area is 127 Å². The van der Waals surface area contributed by atoms with Crippen LogP contribution in [0.15, 0.2) is 41.3 Å². The minimum Gasteiger partial charge on any atom is -0.381 e. The second-order valence-electron chi connectivity index (χ2n) is 5.22. The summed E-state index contributed by atoms with van der Waals surface area (Å²) < 4.78 is 8.65. The maximum absolute atomic E-state index is 6.37. The molecule has 2 unspecified atom stereocenters. The molecule has 0 saturated carbocycles. The number of halogens is 1. The van der Waals surface area contributed by atoms with E-state index in [-0.39, 0.29) is 6.04 Å². The first kappa shape index (κ1) is 13.8. The minimum atomic E-state index is -0.00421. The number of imidazole rings is 1. The van der Waals surface area contributed by atoms with Crippen molar-refractivity contribution in [1.29, 1.82) is 0 Å². The molecular formula is C15H18BrN3O. The summed E-state index contributed by atoms with van der Waals surface area (Å²) in [4.78, 5) is 4.26. The zero-order valence-corrected chi connectivity index (χ0v) is 12.8. The van der Waals surface area contributed by atoms with Crippen LogP contribution in [-0.2, 0) is 11.3 Å². The van der Waals surface area contributed by atoms with Gasteiger partial charge in [-0.25, -0.2) is 4.98 Å². The first-order valence-electron chi connectivity index (χ1n) is 6.82. The average Bonchev–Trinajstić information content (AvgIpc) is 3.12. The summed E-state index contributed by atoms with van der Waals surface area (Å²) >= 11 is 3.45. The van der Waals surface area contributed by atoms with Gasteiger partial charge in [0.25, 0.3) is 0 Å². The number of ether oxygens (including phenoxy) is 1. The molecular weight excluding hydrogens is 318 g/mol. The average molecular weight is 336 g/mol. The number of nitrogens with zero attached hydrogens (tertiary/aromatic N) is 2. The molecule has 3 rings (SSSR count). The van der Waals surface area contributed by atoms with Crippen molar-refractivity contribution < 1.29 is 4.74 Å². The molecule has 1 aromatic heterocycles. The summed E-state index contributed by atoms with van der Waals surface area (Å²) in [6.45, 7) is 2.37. The molecule has 2 atom stereocenters. The molecule has 1 aliphatic rings. The standard InChI is InChI=1S/C15H18BrN3O/c16-13-3-1-11(2-4-13)8-19-10-18-7-14(19)15(17)12-5-6-20-9-12/h1-4,7,10,12,15H,5-6,8-9,17H2. The largest absolute Gasteiger partial charge is 0.381 e. The maximum Gasteiger partial charge on any atom is 0.0951 e. The van der Waals surface area contributed by atoms with Crippen molar-refractivity contribution in [3.05, 3.63) is 52.5 Å². The summed E-state index contributed by atoms with van der Waals surface area (Å²) in [6, 6.07) is 8.32. The van der Waals surface area contributed by atoms with Crippen LogP contribution in [0.2, 0.25) is 0 Å². The zero-order valence-electron chi connectivity index (χ0n) is 11.2. The van der Waals surface area contributed by atoms with Crippen molar-refractivity contribution in [2.45, 2.75) is 19.0 Å². The SMILES string of the molecule is NC(c1cncn1Cc1ccc(Br)cc1)C1CCOC1. The van der Waals surface area contributed by atoms with Gasteiger partial charge in [-0.05, 0) is 24.1 Å². The van der Waals surface area contributed by atoms with Gasteiger partial charge in [0.05, 0.1) is 24.7 Å². The molecule has 2 aromatic rings. The van der Waals surface area contributed by atoms with E-state index in [1.807, 2.05) is 12.5 Å². The van der Waals surface area contributed by atoms with Crippen LogP contribution < -0.4 is 5.73 Å². The predicted octanol–water partition coefficient (Wildman–Crippen LogP) is 2.73. The summed E-state index contributed by atoms with van der Waals surface area (Å²) in [6.07, 6.45) is 4.76. The lowest BCUT2D eigenvalue weighted by atomic mass is 9.97. The lowest BCUT2D eigenvalue weighted by molar-refractivity contribution is 0.180. The van der Waals surface area contributed by atoms with Crippen molar-refractivity contribution in [3.63, 3.8) is 0 Å². The Balaban J connectivity index is 1.77. The number of hydrogen-bond acceptors (Lipinski definition) is 3. The molecule has 0 bridgehead atoms. The third kappa shape index (κ3) is 2.95. The Morgan fingerprint density at radius 3 is 2.90 bits per heavy atom. The summed E-state index contributed by atoms with van der Waals surface area (Å²) in [5.74, 6) is 0.398. The highest BCUT2D eigenvalue weighted by Gasteiger charge is 2.26. The summed E-state index contributed by atoms with van der Waals surface area (Å²) in [7, 11) is 0. The molecule has 1 aromatic carbocycles. The monoisotopic (exact) mass is 335 g/mol. The van der Waals surface area contributed by atoms with Crippen molar-refractivity contribution in [3.8, 4) is 0 Å². The Morgan fingerprint density at radius 1 is 1.40 bits per heavy atom. The fourth-order valence-corrected chi connectivity index (χ4v) is 2.87. The van der Waals surface area contributed by atoms with Crippen LogP contribution in [0.4, 0.5) is 0 Å². The van der Waals surface area contributed by atoms with E-state index in [2.05, 4.69) is 49.7 Å². The fourth-order valence-electron chi connectivity index (χ4n) is 2.60. The highest BCUT2D eigenvalue weighted by molar-refractivity contribution is 9.10. The first-order valence-corrected chi connectivity index (χ1v) is 7.61. The van der Waals surface area contributed by atoms with E-state index in [1.165, 1.54) is 5.56 Å². The molecule has 2 heterocycles. The van der Waals surface area contributed by atoms with Crippen LogP contribution in [-0.4, -0.2) is 22.8 Å². The second-order valence-corrected chi connectivity index (χ2v) is 6.14. The molecule has 2 N–H and O–H groups in total. The maximum atomic E-state index is 6.37. The van der Waals surface area contributed by atoms with E-state index in [9.17, 15) is 0 Å². The summed E-state index contributed by atoms with van der Waals surface area (Å²) in [5, 5.41) is 0. The van der Waals surface area contributed by atoms with E-state index in [0.717, 1.165) is 36.3 Å². The number of nitrogens with two attached hydrogens (primary N) is 1. The normalized spacial score (nSPS) is 20.2. The number of aromatic nitrogens is 2. The Morgan fingerprint density at radius 2 is 2.20 bits per heavy atom. The van der Waals surface area contributed by atoms with Crippen LogP contribution >= 0.6 is 15.9 Å². The Bertz CT molecular complexity index is 561. The molecule has 1 aliphatic heterocycles. The minimum absolute atomic E-state index is 0.00421. The van der Waals surface area contributed by atoms with Crippen LogP contribution in [0.3, 0.4) is 0 Å². The van der Waals surface area contributed by atoms with Crippen molar-refractivity contribution in [2.75, 3.05) is 13.2 Å². The molecule has 20 heavy (non-hydrogen) atoms. The van der Waals surface area contributed by atoms with E-state index < -0.39 is 0 Å². The van der Waals surface area contributed by atoms with E-state index in [1.54, 1.807) is 0 Å². The fraction of sp³-hybridized carbons (Fsp3) is 0.400. The third-order valence-electron chi connectivity index (χ3n) is 3.82. The highest BCUT2D eigenvalue weighted by Crippen LogP contribution is 2.26. The van der Waals surface area contributed by atoms with Gasteiger partial charge in [0.2, 0.25) is 0 Å². The van der Waals surface area contributed by atoms with Crippen LogP contribution in [0.25, 0.3) is 0 Å². The second kappa shape index (κ2) is 6.08. The predicted molar refractivity (Wildman–Crippen MR) is 81.3 cm³/mol. The van der Waals surface area contributed by atoms with Gasteiger partial charge in [-0.1, -0.05) is 28.1 Å². The van der Waals surface area contributed by atoms with Gasteiger partial charge in [0, 0.05) is 29.7 Å². The van der Waals surface area contributed by atoms with Crippen LogP contribution in [0, 0.1) is 5.92 Å². The topological polar surface area (TPSA) is 53.1 Å². The lowest BCUT2D eigenvalue weighted by Crippen LogP contribution is -2.24. The molecule has 4 nitrogen and oxygen atoms in total. The number of hydrogen-bond donors (Lipinski definition) is 1. The van der Waals surface area contributed by atoms with Gasteiger partial charge >= 0.3 is 0 Å². The molecule has 0 spiro atoms. The Hall–Kier alpha value is -1.17. The Kier molecular flexibility index (Phi) is 4.19. The van der Waals surface area contributed by atoms with Gasteiger partial charge < -0.3 is 15.0 Å². The summed E-state index contributed by atoms with van der Waals surface area (Å²) in [5.41, 5.74) is 8.70. The van der Waals surface area contributed by atoms with Gasteiger partial charge in [-0.3, -0.25) is 0 Å². The molecule has 0 aliphatic carbocycles. The van der Waals surface area contributed by atoms with Gasteiger partial charge in [-0.2, -0.15) is 0 Å². The zero-order chi connectivity index (χ0) is 13.9. The van der Waals surface area contributed by atoms with Crippen molar-refractivity contribution in [2.24, 2.45) is 11.7 Å². The highest BCUT2D eigenvalue weighted by atomic mass is 79.9. The first-order chi connectivity index (χ1) is 9.74. The van der Waals surface area contributed by atoms with Gasteiger partial charge in [0.15, 0.2) is 0 Å². The van der Waals surface area contributed by atoms with Gasteiger partial charge in [-0.15, -0.1) is 0 Å². The quantitative estimate of drug-likeness (QED) is 0.934. The number of rotatable bonds is 4. The molecule has 0 radical (unpaired) electrons.